The van der Waals surface area contributed by atoms with Crippen molar-refractivity contribution in [2.45, 2.75) is 69.2 Å². The van der Waals surface area contributed by atoms with E-state index in [4.69, 9.17) is 5.11 Å². The molecule has 2 fully saturated rings. The molecular weight excluding hydrogens is 374 g/mol. The van der Waals surface area contributed by atoms with Crippen LogP contribution >= 0.6 is 0 Å². The minimum absolute atomic E-state index is 0.00160. The van der Waals surface area contributed by atoms with Gasteiger partial charge >= 0.3 is 5.97 Å². The Balaban J connectivity index is 1.62. The van der Waals surface area contributed by atoms with Crippen molar-refractivity contribution in [3.8, 4) is 0 Å². The van der Waals surface area contributed by atoms with Crippen LogP contribution in [0.15, 0.2) is 41.3 Å². The zero-order chi connectivity index (χ0) is 20.1. The first-order valence-corrected chi connectivity index (χ1v) is 11.9. The van der Waals surface area contributed by atoms with Gasteiger partial charge in [-0.3, -0.25) is 4.79 Å². The molecule has 0 amide bonds. The summed E-state index contributed by atoms with van der Waals surface area (Å²) < 4.78 is 28.8. The lowest BCUT2D eigenvalue weighted by Crippen LogP contribution is -2.43. The van der Waals surface area contributed by atoms with Gasteiger partial charge in [0, 0.05) is 12.5 Å². The molecule has 2 N–H and O–H groups in total. The van der Waals surface area contributed by atoms with Gasteiger partial charge in [-0.15, -0.1) is 0 Å². The minimum atomic E-state index is -3.51. The third-order valence-electron chi connectivity index (χ3n) is 6.36. The van der Waals surface area contributed by atoms with E-state index in [1.54, 1.807) is 12.1 Å². The highest BCUT2D eigenvalue weighted by Gasteiger charge is 2.48. The normalized spacial score (nSPS) is 26.9. The summed E-state index contributed by atoms with van der Waals surface area (Å²) in [5, 5.41) is 8.69. The average Bonchev–Trinajstić information content (AvgIpc) is 3.26. The van der Waals surface area contributed by atoms with Gasteiger partial charge in [0.2, 0.25) is 10.0 Å². The third kappa shape index (κ3) is 5.03. The standard InChI is InChI=1S/C22H31NO4S/c1-2-16-9-13-19(14-10-16)28(26,27)23-22-18-12-11-17(15-18)20(22)7-5-3-4-6-8-21(24)25/h3,5,9-10,13-14,17-18,20,22-23H,2,4,6-8,11-12,15H2,1H3,(H,24,25)/b5-3-/t17-,18?,20+,22+/m1/s1. The summed E-state index contributed by atoms with van der Waals surface area (Å²) in [4.78, 5) is 10.9. The highest BCUT2D eigenvalue weighted by atomic mass is 32.2. The van der Waals surface area contributed by atoms with Gasteiger partial charge in [0.15, 0.2) is 0 Å². The highest BCUT2D eigenvalue weighted by molar-refractivity contribution is 7.89. The number of allylic oxidation sites excluding steroid dienone is 2. The van der Waals surface area contributed by atoms with E-state index in [1.165, 1.54) is 6.42 Å². The molecule has 4 atom stereocenters. The molecule has 0 spiro atoms. The summed E-state index contributed by atoms with van der Waals surface area (Å²) in [5.41, 5.74) is 1.13. The first-order valence-electron chi connectivity index (χ1n) is 10.4. The van der Waals surface area contributed by atoms with Crippen LogP contribution in [-0.2, 0) is 21.2 Å². The lowest BCUT2D eigenvalue weighted by atomic mass is 9.83. The van der Waals surface area contributed by atoms with Gasteiger partial charge in [-0.05, 0) is 80.4 Å². The van der Waals surface area contributed by atoms with Crippen molar-refractivity contribution in [2.24, 2.45) is 17.8 Å². The first kappa shape index (κ1) is 21.1. The molecule has 0 saturated heterocycles. The van der Waals surface area contributed by atoms with Crippen molar-refractivity contribution >= 4 is 16.0 Å². The number of carbonyl (C=O) groups is 1. The van der Waals surface area contributed by atoms with Crippen LogP contribution in [-0.4, -0.2) is 25.5 Å². The van der Waals surface area contributed by atoms with Crippen molar-refractivity contribution in [1.82, 2.24) is 4.72 Å². The Bertz CT molecular complexity index is 800. The number of hydrogen-bond donors (Lipinski definition) is 2. The fraction of sp³-hybridized carbons (Fsp3) is 0.591. The number of carboxylic acids is 1. The lowest BCUT2D eigenvalue weighted by molar-refractivity contribution is -0.137. The Morgan fingerprint density at radius 2 is 1.89 bits per heavy atom. The number of aliphatic carboxylic acids is 1. The first-order chi connectivity index (χ1) is 13.4. The molecule has 3 rings (SSSR count). The molecule has 2 aliphatic rings. The van der Waals surface area contributed by atoms with Crippen molar-refractivity contribution in [2.75, 3.05) is 0 Å². The zero-order valence-electron chi connectivity index (χ0n) is 16.5. The highest BCUT2D eigenvalue weighted by Crippen LogP contribution is 2.50. The van der Waals surface area contributed by atoms with E-state index in [0.717, 1.165) is 37.7 Å². The number of sulfonamides is 1. The second kappa shape index (κ2) is 9.23. The molecule has 2 aliphatic carbocycles. The van der Waals surface area contributed by atoms with Crippen molar-refractivity contribution < 1.29 is 18.3 Å². The molecule has 1 aromatic carbocycles. The maximum Gasteiger partial charge on any atom is 0.303 e. The predicted molar refractivity (Wildman–Crippen MR) is 109 cm³/mol. The maximum absolute atomic E-state index is 12.9. The number of rotatable bonds is 10. The molecule has 0 heterocycles. The van der Waals surface area contributed by atoms with Crippen LogP contribution in [0.3, 0.4) is 0 Å². The summed E-state index contributed by atoms with van der Waals surface area (Å²) in [7, 11) is -3.51. The molecule has 28 heavy (non-hydrogen) atoms. The molecule has 1 unspecified atom stereocenters. The number of benzene rings is 1. The van der Waals surface area contributed by atoms with E-state index in [9.17, 15) is 13.2 Å². The summed E-state index contributed by atoms with van der Waals surface area (Å²) in [5.74, 6) is 0.589. The molecule has 0 aromatic heterocycles. The monoisotopic (exact) mass is 405 g/mol. The number of aryl methyl sites for hydroxylation is 1. The second-order valence-corrected chi connectivity index (χ2v) is 9.85. The quantitative estimate of drug-likeness (QED) is 0.453. The largest absolute Gasteiger partial charge is 0.481 e. The summed E-state index contributed by atoms with van der Waals surface area (Å²) >= 11 is 0. The van der Waals surface area contributed by atoms with E-state index < -0.39 is 16.0 Å². The van der Waals surface area contributed by atoms with Crippen molar-refractivity contribution in [3.63, 3.8) is 0 Å². The Kier molecular flexibility index (Phi) is 6.94. The Morgan fingerprint density at radius 1 is 1.18 bits per heavy atom. The van der Waals surface area contributed by atoms with Crippen LogP contribution in [0.2, 0.25) is 0 Å². The molecule has 6 heteroatoms. The Hall–Kier alpha value is -1.66. The van der Waals surface area contributed by atoms with Crippen LogP contribution in [0.5, 0.6) is 0 Å². The van der Waals surface area contributed by atoms with Gasteiger partial charge in [-0.2, -0.15) is 0 Å². The molecule has 0 radical (unpaired) electrons. The van der Waals surface area contributed by atoms with Gasteiger partial charge in [0.1, 0.15) is 0 Å². The molecular formula is C22H31NO4S. The van der Waals surface area contributed by atoms with Crippen molar-refractivity contribution in [3.05, 3.63) is 42.0 Å². The summed E-state index contributed by atoms with van der Waals surface area (Å²) in [6, 6.07) is 7.16. The van der Waals surface area contributed by atoms with Crippen molar-refractivity contribution in [1.29, 1.82) is 0 Å². The van der Waals surface area contributed by atoms with Crippen LogP contribution in [0.1, 0.15) is 57.4 Å². The number of unbranched alkanes of at least 4 members (excludes halogenated alkanes) is 1. The topological polar surface area (TPSA) is 83.5 Å². The van der Waals surface area contributed by atoms with Gasteiger partial charge < -0.3 is 5.11 Å². The Labute approximate surface area is 168 Å². The molecule has 5 nitrogen and oxygen atoms in total. The number of carboxylic acid groups (broad SMARTS) is 1. The molecule has 2 bridgehead atoms. The second-order valence-electron chi connectivity index (χ2n) is 8.13. The smallest absolute Gasteiger partial charge is 0.303 e. The van der Waals surface area contributed by atoms with Gasteiger partial charge in [0.25, 0.3) is 0 Å². The van der Waals surface area contributed by atoms with Crippen LogP contribution in [0, 0.1) is 17.8 Å². The molecule has 154 valence electrons. The van der Waals surface area contributed by atoms with E-state index in [2.05, 4.69) is 17.7 Å². The molecule has 1 aromatic rings. The van der Waals surface area contributed by atoms with Crippen LogP contribution in [0.4, 0.5) is 0 Å². The van der Waals surface area contributed by atoms with E-state index in [-0.39, 0.29) is 12.5 Å². The number of nitrogens with one attached hydrogen (secondary N) is 1. The number of hydrogen-bond acceptors (Lipinski definition) is 3. The van der Waals surface area contributed by atoms with E-state index >= 15 is 0 Å². The van der Waals surface area contributed by atoms with Crippen LogP contribution in [0.25, 0.3) is 0 Å². The average molecular weight is 406 g/mol. The van der Waals surface area contributed by atoms with Gasteiger partial charge in [-0.25, -0.2) is 13.1 Å². The SMILES string of the molecule is CCc1ccc(S(=O)(=O)N[C@H]2C3CC[C@H](C3)[C@@H]2C/C=C\CCCC(=O)O)cc1. The lowest BCUT2D eigenvalue weighted by Gasteiger charge is -2.31. The van der Waals surface area contributed by atoms with E-state index in [0.29, 0.717) is 29.1 Å². The number of fused-ring (bicyclic) bond motifs is 2. The Morgan fingerprint density at radius 3 is 2.57 bits per heavy atom. The zero-order valence-corrected chi connectivity index (χ0v) is 17.3. The molecule has 0 aliphatic heterocycles. The predicted octanol–water partition coefficient (Wildman–Crippen LogP) is 4.14. The third-order valence-corrected chi connectivity index (χ3v) is 7.83. The minimum Gasteiger partial charge on any atom is -0.481 e. The fourth-order valence-electron chi connectivity index (χ4n) is 4.83. The maximum atomic E-state index is 12.9. The van der Waals surface area contributed by atoms with Gasteiger partial charge in [0.05, 0.1) is 4.90 Å². The van der Waals surface area contributed by atoms with Gasteiger partial charge in [-0.1, -0.05) is 31.2 Å². The summed E-state index contributed by atoms with van der Waals surface area (Å²) in [6.07, 6.45) is 10.9. The summed E-state index contributed by atoms with van der Waals surface area (Å²) in [6.45, 7) is 2.05. The van der Waals surface area contributed by atoms with E-state index in [1.807, 2.05) is 18.2 Å². The fourth-order valence-corrected chi connectivity index (χ4v) is 6.18. The molecule has 2 saturated carbocycles. The van der Waals surface area contributed by atoms with Crippen LogP contribution < -0.4 is 4.72 Å².